The second-order valence-electron chi connectivity index (χ2n) is 7.83. The third-order valence-electron chi connectivity index (χ3n) is 5.99. The monoisotopic (exact) mass is 462 g/mol. The molecule has 1 fully saturated rings. The Kier molecular flexibility index (Phi) is 5.93. The lowest BCUT2D eigenvalue weighted by Crippen LogP contribution is -2.49. The van der Waals surface area contributed by atoms with Crippen LogP contribution in [0.4, 0.5) is 5.69 Å². The Morgan fingerprint density at radius 1 is 1.06 bits per heavy atom. The molecule has 8 nitrogen and oxygen atoms in total. The second kappa shape index (κ2) is 9.17. The molecule has 0 saturated carbocycles. The molecule has 4 heterocycles. The molecule has 0 aliphatic carbocycles. The first-order valence-electron chi connectivity index (χ1n) is 10.7. The lowest BCUT2D eigenvalue weighted by Gasteiger charge is -2.39. The highest BCUT2D eigenvalue weighted by molar-refractivity contribution is 6.31. The van der Waals surface area contributed by atoms with Crippen LogP contribution in [0.3, 0.4) is 0 Å². The number of benzene rings is 1. The number of hydrogen-bond donors (Lipinski definition) is 0. The number of fused-ring (bicyclic) bond motifs is 1. The summed E-state index contributed by atoms with van der Waals surface area (Å²) in [6.07, 6.45) is 7.77. The standard InChI is InChI=1S/C24H23ClN6O2/c1-33-24-27-14-18(15-28-24)20-13-19(25)4-5-21(20)29-9-11-30(12-10-29)22(16-32)31-8-6-17-3-2-7-26-23(17)31/h2-8,13-16,22H,9-12H2,1H3. The molecule has 1 aliphatic rings. The Hall–Kier alpha value is -3.49. The van der Waals surface area contributed by atoms with Gasteiger partial charge in [0.2, 0.25) is 0 Å². The van der Waals surface area contributed by atoms with Crippen molar-refractivity contribution in [1.29, 1.82) is 0 Å². The molecule has 0 bridgehead atoms. The maximum atomic E-state index is 12.1. The average molecular weight is 463 g/mol. The molecule has 1 aromatic carbocycles. The summed E-state index contributed by atoms with van der Waals surface area (Å²) < 4.78 is 7.02. The quantitative estimate of drug-likeness (QED) is 0.404. The first-order valence-corrected chi connectivity index (χ1v) is 11.1. The van der Waals surface area contributed by atoms with Gasteiger partial charge in [-0.1, -0.05) is 11.6 Å². The Labute approximate surface area is 196 Å². The van der Waals surface area contributed by atoms with Crippen LogP contribution in [0.5, 0.6) is 6.01 Å². The number of aromatic nitrogens is 4. The average Bonchev–Trinajstić information content (AvgIpc) is 3.29. The van der Waals surface area contributed by atoms with Crippen LogP contribution in [0.1, 0.15) is 6.17 Å². The number of hydrogen-bond acceptors (Lipinski definition) is 7. The third-order valence-corrected chi connectivity index (χ3v) is 6.23. The largest absolute Gasteiger partial charge is 0.467 e. The van der Waals surface area contributed by atoms with E-state index < -0.39 is 0 Å². The number of anilines is 1. The van der Waals surface area contributed by atoms with Crippen LogP contribution in [0.25, 0.3) is 22.2 Å². The fraction of sp³-hybridized carbons (Fsp3) is 0.250. The van der Waals surface area contributed by atoms with Gasteiger partial charge in [-0.25, -0.2) is 15.0 Å². The van der Waals surface area contributed by atoms with Gasteiger partial charge in [-0.15, -0.1) is 0 Å². The normalized spacial score (nSPS) is 15.5. The minimum atomic E-state index is -0.390. The molecule has 0 spiro atoms. The fourth-order valence-corrected chi connectivity index (χ4v) is 4.50. The molecule has 1 aliphatic heterocycles. The van der Waals surface area contributed by atoms with Crippen molar-refractivity contribution in [2.24, 2.45) is 0 Å². The summed E-state index contributed by atoms with van der Waals surface area (Å²) in [6, 6.07) is 12.1. The van der Waals surface area contributed by atoms with E-state index >= 15 is 0 Å². The molecule has 1 saturated heterocycles. The molecule has 4 aromatic rings. The number of carbonyl (C=O) groups is 1. The molecular formula is C24H23ClN6O2. The SMILES string of the molecule is COc1ncc(-c2cc(Cl)ccc2N2CCN(C(C=O)n3ccc4cccnc43)CC2)cn1. The van der Waals surface area contributed by atoms with Gasteiger partial charge in [-0.3, -0.25) is 9.69 Å². The highest BCUT2D eigenvalue weighted by Gasteiger charge is 2.27. The number of nitrogens with zero attached hydrogens (tertiary/aromatic N) is 6. The van der Waals surface area contributed by atoms with Crippen LogP contribution < -0.4 is 9.64 Å². The van der Waals surface area contributed by atoms with Crippen LogP contribution >= 0.6 is 11.6 Å². The van der Waals surface area contributed by atoms with Gasteiger partial charge in [0, 0.05) is 78.2 Å². The summed E-state index contributed by atoms with van der Waals surface area (Å²) in [4.78, 5) is 29.5. The van der Waals surface area contributed by atoms with Gasteiger partial charge < -0.3 is 14.2 Å². The number of piperazine rings is 1. The van der Waals surface area contributed by atoms with Crippen molar-refractivity contribution >= 4 is 34.6 Å². The van der Waals surface area contributed by atoms with Crippen molar-refractivity contribution in [1.82, 2.24) is 24.4 Å². The fourth-order valence-electron chi connectivity index (χ4n) is 4.33. The van der Waals surface area contributed by atoms with Gasteiger partial charge in [-0.2, -0.15) is 0 Å². The van der Waals surface area contributed by atoms with Crippen molar-refractivity contribution < 1.29 is 9.53 Å². The van der Waals surface area contributed by atoms with Gasteiger partial charge in [0.25, 0.3) is 0 Å². The number of aldehydes is 1. The van der Waals surface area contributed by atoms with E-state index in [-0.39, 0.29) is 6.17 Å². The van der Waals surface area contributed by atoms with Crippen molar-refractivity contribution in [3.05, 3.63) is 66.2 Å². The predicted molar refractivity (Wildman–Crippen MR) is 128 cm³/mol. The first-order chi connectivity index (χ1) is 16.2. The predicted octanol–water partition coefficient (Wildman–Crippen LogP) is 3.68. The lowest BCUT2D eigenvalue weighted by atomic mass is 10.1. The summed E-state index contributed by atoms with van der Waals surface area (Å²) in [5.41, 5.74) is 3.71. The van der Waals surface area contributed by atoms with Crippen molar-refractivity contribution in [2.75, 3.05) is 38.2 Å². The maximum Gasteiger partial charge on any atom is 0.316 e. The summed E-state index contributed by atoms with van der Waals surface area (Å²) in [7, 11) is 1.54. The molecule has 0 radical (unpaired) electrons. The Morgan fingerprint density at radius 2 is 1.85 bits per heavy atom. The van der Waals surface area contributed by atoms with Gasteiger partial charge in [0.1, 0.15) is 11.8 Å². The number of carbonyl (C=O) groups excluding carboxylic acids is 1. The highest BCUT2D eigenvalue weighted by atomic mass is 35.5. The molecule has 3 aromatic heterocycles. The van der Waals surface area contributed by atoms with Gasteiger partial charge in [0.05, 0.1) is 7.11 Å². The van der Waals surface area contributed by atoms with E-state index in [0.717, 1.165) is 60.3 Å². The number of methoxy groups -OCH3 is 1. The van der Waals surface area contributed by atoms with Crippen molar-refractivity contribution in [3.8, 4) is 17.1 Å². The Balaban J connectivity index is 1.37. The van der Waals surface area contributed by atoms with Crippen LogP contribution in [-0.4, -0.2) is 64.0 Å². The lowest BCUT2D eigenvalue weighted by molar-refractivity contribution is -0.115. The van der Waals surface area contributed by atoms with Crippen molar-refractivity contribution in [3.63, 3.8) is 0 Å². The second-order valence-corrected chi connectivity index (χ2v) is 8.27. The molecule has 0 N–H and O–H groups in total. The van der Waals surface area contributed by atoms with Crippen LogP contribution in [0.15, 0.2) is 61.2 Å². The molecule has 5 rings (SSSR count). The zero-order valence-corrected chi connectivity index (χ0v) is 18.9. The number of ether oxygens (including phenoxy) is 1. The van der Waals surface area contributed by atoms with Crippen LogP contribution in [0, 0.1) is 0 Å². The molecule has 1 atom stereocenters. The Morgan fingerprint density at radius 3 is 2.58 bits per heavy atom. The Bertz CT molecular complexity index is 1270. The minimum Gasteiger partial charge on any atom is -0.467 e. The molecule has 33 heavy (non-hydrogen) atoms. The number of pyridine rings is 1. The van der Waals surface area contributed by atoms with E-state index in [0.29, 0.717) is 11.0 Å². The maximum absolute atomic E-state index is 12.1. The van der Waals surface area contributed by atoms with E-state index in [1.54, 1.807) is 25.7 Å². The van der Waals surface area contributed by atoms with E-state index in [9.17, 15) is 4.79 Å². The van der Waals surface area contributed by atoms with Gasteiger partial charge >= 0.3 is 6.01 Å². The summed E-state index contributed by atoms with van der Waals surface area (Å²) in [5, 5.41) is 1.67. The molecule has 1 unspecified atom stereocenters. The molecular weight excluding hydrogens is 440 g/mol. The van der Waals surface area contributed by atoms with E-state index in [4.69, 9.17) is 16.3 Å². The summed E-state index contributed by atoms with van der Waals surface area (Å²) in [6.45, 7) is 3.00. The summed E-state index contributed by atoms with van der Waals surface area (Å²) in [5.74, 6) is 0. The minimum absolute atomic E-state index is 0.322. The molecule has 0 amide bonds. The van der Waals surface area contributed by atoms with Gasteiger partial charge in [-0.05, 0) is 36.4 Å². The zero-order valence-electron chi connectivity index (χ0n) is 18.1. The first kappa shape index (κ1) is 21.4. The van der Waals surface area contributed by atoms with Crippen molar-refractivity contribution in [2.45, 2.75) is 6.17 Å². The highest BCUT2D eigenvalue weighted by Crippen LogP contribution is 2.34. The smallest absolute Gasteiger partial charge is 0.316 e. The number of rotatable bonds is 6. The van der Waals surface area contributed by atoms with E-state index in [2.05, 4.69) is 24.8 Å². The topological polar surface area (TPSA) is 76.4 Å². The van der Waals surface area contributed by atoms with Crippen LogP contribution in [0.2, 0.25) is 5.02 Å². The van der Waals surface area contributed by atoms with E-state index in [1.807, 2.05) is 47.2 Å². The van der Waals surface area contributed by atoms with E-state index in [1.165, 1.54) is 0 Å². The number of halogens is 1. The van der Waals surface area contributed by atoms with Gasteiger partial charge in [0.15, 0.2) is 6.29 Å². The van der Waals surface area contributed by atoms with Crippen LogP contribution in [-0.2, 0) is 4.79 Å². The zero-order chi connectivity index (χ0) is 22.8. The third kappa shape index (κ3) is 4.15. The molecule has 9 heteroatoms. The summed E-state index contributed by atoms with van der Waals surface area (Å²) >= 11 is 6.31. The molecule has 168 valence electrons.